The third-order valence-corrected chi connectivity index (χ3v) is 5.08. The van der Waals surface area contributed by atoms with E-state index in [1.54, 1.807) is 13.0 Å². The highest BCUT2D eigenvalue weighted by atomic mass is 32.2. The van der Waals surface area contributed by atoms with Gasteiger partial charge in [0.05, 0.1) is 26.4 Å². The van der Waals surface area contributed by atoms with Crippen molar-refractivity contribution >= 4 is 10.0 Å². The maximum absolute atomic E-state index is 12.8. The van der Waals surface area contributed by atoms with Crippen molar-refractivity contribution in [3.8, 4) is 11.5 Å². The topological polar surface area (TPSA) is 96.3 Å². The van der Waals surface area contributed by atoms with E-state index in [2.05, 4.69) is 0 Å². The lowest BCUT2D eigenvalue weighted by atomic mass is 10.2. The minimum atomic E-state index is -3.93. The fraction of sp³-hybridized carbons (Fsp3) is 0.600. The number of nitrogens with zero attached hydrogens (tertiary/aromatic N) is 1. The van der Waals surface area contributed by atoms with Crippen LogP contribution in [0.5, 0.6) is 11.5 Å². The largest absolute Gasteiger partial charge is 0.494 e. The highest BCUT2D eigenvalue weighted by Crippen LogP contribution is 2.33. The van der Waals surface area contributed by atoms with Crippen molar-refractivity contribution < 1.29 is 28.1 Å². The highest BCUT2D eigenvalue weighted by Gasteiger charge is 2.28. The first-order valence-corrected chi connectivity index (χ1v) is 8.98. The molecule has 1 aromatic carbocycles. The summed E-state index contributed by atoms with van der Waals surface area (Å²) in [6.45, 7) is 5.22. The zero-order valence-corrected chi connectivity index (χ0v) is 14.6. The molecular formula is C15H25NO6S. The van der Waals surface area contributed by atoms with Gasteiger partial charge in [0.25, 0.3) is 0 Å². The zero-order valence-electron chi connectivity index (χ0n) is 13.8. The van der Waals surface area contributed by atoms with E-state index in [0.29, 0.717) is 19.0 Å². The minimum absolute atomic E-state index is 0.0321. The van der Waals surface area contributed by atoms with Crippen molar-refractivity contribution in [2.24, 2.45) is 0 Å². The maximum atomic E-state index is 12.8. The van der Waals surface area contributed by atoms with Crippen LogP contribution in [0.2, 0.25) is 0 Å². The normalized spacial score (nSPS) is 11.7. The van der Waals surface area contributed by atoms with Crippen LogP contribution in [0.3, 0.4) is 0 Å². The van der Waals surface area contributed by atoms with Gasteiger partial charge in [0.2, 0.25) is 10.0 Å². The van der Waals surface area contributed by atoms with Crippen LogP contribution in [0.25, 0.3) is 0 Å². The first-order valence-electron chi connectivity index (χ1n) is 7.54. The Bertz CT molecular complexity index is 596. The molecule has 132 valence electrons. The second-order valence-electron chi connectivity index (χ2n) is 4.78. The Labute approximate surface area is 137 Å². The van der Waals surface area contributed by atoms with Crippen molar-refractivity contribution in [3.63, 3.8) is 0 Å². The Kier molecular flexibility index (Phi) is 7.77. The Hall–Kier alpha value is -1.35. The molecule has 7 nitrogen and oxygen atoms in total. The van der Waals surface area contributed by atoms with Crippen molar-refractivity contribution in [1.29, 1.82) is 0 Å². The van der Waals surface area contributed by atoms with E-state index in [0.717, 1.165) is 9.87 Å². The molecule has 0 atom stereocenters. The van der Waals surface area contributed by atoms with Crippen molar-refractivity contribution in [2.75, 3.05) is 39.5 Å². The van der Waals surface area contributed by atoms with Gasteiger partial charge in [-0.3, -0.25) is 0 Å². The molecule has 8 heteroatoms. The minimum Gasteiger partial charge on any atom is -0.494 e. The van der Waals surface area contributed by atoms with Gasteiger partial charge in [-0.25, -0.2) is 8.42 Å². The molecular weight excluding hydrogens is 322 g/mol. The smallest absolute Gasteiger partial charge is 0.247 e. The predicted octanol–water partition coefficient (Wildman–Crippen LogP) is 0.768. The molecule has 0 unspecified atom stereocenters. The molecule has 2 N–H and O–H groups in total. The molecule has 0 radical (unpaired) electrons. The van der Waals surface area contributed by atoms with Crippen LogP contribution in [0.15, 0.2) is 17.0 Å². The maximum Gasteiger partial charge on any atom is 0.247 e. The SMILES string of the molecule is CCOc1cc(S(=O)(=O)N(CCO)CCO)c(OCC)cc1C. The Morgan fingerprint density at radius 3 is 2.00 bits per heavy atom. The van der Waals surface area contributed by atoms with E-state index in [1.165, 1.54) is 6.07 Å². The van der Waals surface area contributed by atoms with Gasteiger partial charge in [-0.15, -0.1) is 0 Å². The quantitative estimate of drug-likeness (QED) is 0.649. The van der Waals surface area contributed by atoms with Gasteiger partial charge < -0.3 is 19.7 Å². The molecule has 0 aliphatic heterocycles. The van der Waals surface area contributed by atoms with Crippen LogP contribution in [-0.4, -0.2) is 62.5 Å². The van der Waals surface area contributed by atoms with Crippen molar-refractivity contribution in [2.45, 2.75) is 25.7 Å². The number of aliphatic hydroxyl groups excluding tert-OH is 2. The summed E-state index contributed by atoms with van der Waals surface area (Å²) in [4.78, 5) is -0.0321. The van der Waals surface area contributed by atoms with Gasteiger partial charge in [0, 0.05) is 19.2 Å². The summed E-state index contributed by atoms with van der Waals surface area (Å²) < 4.78 is 37.6. The average Bonchev–Trinajstić information content (AvgIpc) is 2.50. The second-order valence-corrected chi connectivity index (χ2v) is 6.69. The van der Waals surface area contributed by atoms with Crippen LogP contribution in [0.1, 0.15) is 19.4 Å². The number of rotatable bonds is 10. The lowest BCUT2D eigenvalue weighted by Crippen LogP contribution is -2.36. The summed E-state index contributed by atoms with van der Waals surface area (Å²) in [6, 6.07) is 3.05. The number of hydrogen-bond donors (Lipinski definition) is 2. The molecule has 1 aromatic rings. The molecule has 0 spiro atoms. The summed E-state index contributed by atoms with van der Waals surface area (Å²) in [7, 11) is -3.93. The number of benzene rings is 1. The van der Waals surface area contributed by atoms with Crippen LogP contribution in [0.4, 0.5) is 0 Å². The fourth-order valence-electron chi connectivity index (χ4n) is 2.14. The molecule has 1 rings (SSSR count). The fourth-order valence-corrected chi connectivity index (χ4v) is 3.69. The molecule has 0 aliphatic rings. The monoisotopic (exact) mass is 347 g/mol. The standard InChI is InChI=1S/C15H25NO6S/c1-4-21-13-11-15(14(22-5-2)10-12(13)3)23(19,20)16(6-8-17)7-9-18/h10-11,17-18H,4-9H2,1-3H3. The average molecular weight is 347 g/mol. The van der Waals surface area contributed by atoms with Gasteiger partial charge in [0.15, 0.2) is 0 Å². The van der Waals surface area contributed by atoms with Crippen LogP contribution >= 0.6 is 0 Å². The van der Waals surface area contributed by atoms with Crippen LogP contribution in [-0.2, 0) is 10.0 Å². The Morgan fingerprint density at radius 1 is 1.00 bits per heavy atom. The zero-order chi connectivity index (χ0) is 17.5. The summed E-state index contributed by atoms with van der Waals surface area (Å²) in [6.07, 6.45) is 0. The number of aliphatic hydroxyl groups is 2. The number of aryl methyl sites for hydroxylation is 1. The number of ether oxygens (including phenoxy) is 2. The second kappa shape index (κ2) is 9.07. The molecule has 0 amide bonds. The summed E-state index contributed by atoms with van der Waals surface area (Å²) >= 11 is 0. The van der Waals surface area contributed by atoms with Crippen molar-refractivity contribution in [1.82, 2.24) is 4.31 Å². The predicted molar refractivity (Wildman–Crippen MR) is 86.4 cm³/mol. The first kappa shape index (κ1) is 19.7. The van der Waals surface area contributed by atoms with Crippen LogP contribution in [0, 0.1) is 6.92 Å². The number of hydrogen-bond acceptors (Lipinski definition) is 6. The summed E-state index contributed by atoms with van der Waals surface area (Å²) in [5, 5.41) is 18.2. The molecule has 0 aromatic heterocycles. The molecule has 0 heterocycles. The molecule has 0 bridgehead atoms. The van der Waals surface area contributed by atoms with Gasteiger partial charge in [-0.05, 0) is 32.4 Å². The summed E-state index contributed by atoms with van der Waals surface area (Å²) in [5.41, 5.74) is 0.769. The van der Waals surface area contributed by atoms with Crippen molar-refractivity contribution in [3.05, 3.63) is 17.7 Å². The molecule has 23 heavy (non-hydrogen) atoms. The molecule has 0 fully saturated rings. The van der Waals surface area contributed by atoms with E-state index >= 15 is 0 Å². The molecule has 0 saturated heterocycles. The lowest BCUT2D eigenvalue weighted by Gasteiger charge is -2.23. The number of sulfonamides is 1. The third kappa shape index (κ3) is 4.81. The van der Waals surface area contributed by atoms with E-state index in [-0.39, 0.29) is 36.9 Å². The van der Waals surface area contributed by atoms with E-state index < -0.39 is 10.0 Å². The molecule has 0 aliphatic carbocycles. The summed E-state index contributed by atoms with van der Waals surface area (Å²) in [5.74, 6) is 0.691. The van der Waals surface area contributed by atoms with E-state index in [1.807, 2.05) is 13.8 Å². The van der Waals surface area contributed by atoms with Crippen LogP contribution < -0.4 is 9.47 Å². The Balaban J connectivity index is 3.42. The van der Waals surface area contributed by atoms with Gasteiger partial charge in [0.1, 0.15) is 16.4 Å². The Morgan fingerprint density at radius 2 is 1.52 bits per heavy atom. The molecule has 0 saturated carbocycles. The van der Waals surface area contributed by atoms with E-state index in [4.69, 9.17) is 19.7 Å². The van der Waals surface area contributed by atoms with Gasteiger partial charge in [-0.2, -0.15) is 4.31 Å². The third-order valence-electron chi connectivity index (χ3n) is 3.16. The first-order chi connectivity index (χ1) is 10.9. The van der Waals surface area contributed by atoms with Gasteiger partial charge in [-0.1, -0.05) is 0 Å². The lowest BCUT2D eigenvalue weighted by molar-refractivity contribution is 0.217. The van der Waals surface area contributed by atoms with E-state index in [9.17, 15) is 8.42 Å². The highest BCUT2D eigenvalue weighted by molar-refractivity contribution is 7.89. The van der Waals surface area contributed by atoms with Gasteiger partial charge >= 0.3 is 0 Å².